The van der Waals surface area contributed by atoms with Crippen molar-refractivity contribution in [3.63, 3.8) is 0 Å². The van der Waals surface area contributed by atoms with E-state index in [9.17, 15) is 9.59 Å². The van der Waals surface area contributed by atoms with Crippen LogP contribution in [0.25, 0.3) is 17.1 Å². The third-order valence-electron chi connectivity index (χ3n) is 5.85. The van der Waals surface area contributed by atoms with Gasteiger partial charge >= 0.3 is 0 Å². The fraction of sp³-hybridized carbons (Fsp3) is 0.333. The van der Waals surface area contributed by atoms with Crippen LogP contribution in [0.2, 0.25) is 5.02 Å². The summed E-state index contributed by atoms with van der Waals surface area (Å²) in [6.45, 7) is 5.08. The van der Waals surface area contributed by atoms with E-state index >= 15 is 0 Å². The number of primary amides is 1. The number of hydrogen-bond acceptors (Lipinski definition) is 5. The number of piperidine rings is 1. The maximum Gasteiger partial charge on any atom is 0.233 e. The first-order valence-corrected chi connectivity index (χ1v) is 12.2. The molecule has 0 bridgehead atoms. The van der Waals surface area contributed by atoms with Crippen molar-refractivity contribution in [1.82, 2.24) is 19.7 Å². The zero-order valence-corrected chi connectivity index (χ0v) is 20.2. The Kier molecular flexibility index (Phi) is 7.05. The molecule has 0 aliphatic carbocycles. The Hall–Kier alpha value is -2.84. The van der Waals surface area contributed by atoms with Gasteiger partial charge < -0.3 is 10.6 Å². The minimum absolute atomic E-state index is 0.0410. The molecule has 1 unspecified atom stereocenters. The van der Waals surface area contributed by atoms with Gasteiger partial charge in [0.2, 0.25) is 11.8 Å². The van der Waals surface area contributed by atoms with E-state index in [0.29, 0.717) is 29.1 Å². The number of halogens is 1. The van der Waals surface area contributed by atoms with E-state index < -0.39 is 0 Å². The molecule has 172 valence electrons. The SMILES string of the molecule is Cc1ccc(C)c(-n2c(SCC(=O)N3CCCC(C(N)=O)C3)nnc2-c2ccccc2Cl)c1. The van der Waals surface area contributed by atoms with Crippen LogP contribution in [0.4, 0.5) is 0 Å². The second kappa shape index (κ2) is 9.97. The summed E-state index contributed by atoms with van der Waals surface area (Å²) in [6.07, 6.45) is 1.51. The molecule has 2 N–H and O–H groups in total. The Morgan fingerprint density at radius 3 is 2.73 bits per heavy atom. The molecule has 1 aromatic heterocycles. The van der Waals surface area contributed by atoms with Crippen LogP contribution in [0.15, 0.2) is 47.6 Å². The van der Waals surface area contributed by atoms with Gasteiger partial charge in [-0.25, -0.2) is 0 Å². The minimum atomic E-state index is -0.348. The van der Waals surface area contributed by atoms with Crippen LogP contribution in [0.5, 0.6) is 0 Å². The predicted molar refractivity (Wildman–Crippen MR) is 131 cm³/mol. The van der Waals surface area contributed by atoms with E-state index in [2.05, 4.69) is 28.4 Å². The third kappa shape index (κ3) is 5.07. The number of hydrogen-bond donors (Lipinski definition) is 1. The molecule has 1 fully saturated rings. The van der Waals surface area contributed by atoms with Crippen molar-refractivity contribution in [1.29, 1.82) is 0 Å². The van der Waals surface area contributed by atoms with E-state index in [0.717, 1.165) is 35.2 Å². The van der Waals surface area contributed by atoms with Gasteiger partial charge in [0, 0.05) is 18.7 Å². The molecule has 1 atom stereocenters. The summed E-state index contributed by atoms with van der Waals surface area (Å²) in [5.41, 5.74) is 9.33. The third-order valence-corrected chi connectivity index (χ3v) is 7.10. The number of likely N-dealkylation sites (tertiary alicyclic amines) is 1. The largest absolute Gasteiger partial charge is 0.369 e. The molecule has 2 aromatic carbocycles. The van der Waals surface area contributed by atoms with E-state index in [1.807, 2.05) is 42.7 Å². The number of thioether (sulfide) groups is 1. The van der Waals surface area contributed by atoms with Crippen molar-refractivity contribution < 1.29 is 9.59 Å². The summed E-state index contributed by atoms with van der Waals surface area (Å²) in [7, 11) is 0. The molecular weight excluding hydrogens is 458 g/mol. The highest BCUT2D eigenvalue weighted by Gasteiger charge is 2.27. The topological polar surface area (TPSA) is 94.1 Å². The highest BCUT2D eigenvalue weighted by Crippen LogP contribution is 2.33. The molecule has 2 heterocycles. The molecular formula is C24H26ClN5O2S. The summed E-state index contributed by atoms with van der Waals surface area (Å²) in [5, 5.41) is 10.0. The Morgan fingerprint density at radius 1 is 1.18 bits per heavy atom. The maximum absolute atomic E-state index is 12.9. The van der Waals surface area contributed by atoms with Gasteiger partial charge in [-0.05, 0) is 56.0 Å². The molecule has 7 nitrogen and oxygen atoms in total. The first-order chi connectivity index (χ1) is 15.8. The quantitative estimate of drug-likeness (QED) is 0.534. The first kappa shape index (κ1) is 23.3. The van der Waals surface area contributed by atoms with Crippen LogP contribution in [0.1, 0.15) is 24.0 Å². The molecule has 0 saturated carbocycles. The molecule has 9 heteroatoms. The van der Waals surface area contributed by atoms with Gasteiger partial charge in [-0.2, -0.15) is 0 Å². The molecule has 0 radical (unpaired) electrons. The van der Waals surface area contributed by atoms with Gasteiger partial charge in [0.15, 0.2) is 11.0 Å². The monoisotopic (exact) mass is 483 g/mol. The van der Waals surface area contributed by atoms with E-state index in [1.54, 1.807) is 4.90 Å². The van der Waals surface area contributed by atoms with Crippen molar-refractivity contribution in [2.75, 3.05) is 18.8 Å². The lowest BCUT2D eigenvalue weighted by molar-refractivity contribution is -0.132. The van der Waals surface area contributed by atoms with Crippen molar-refractivity contribution in [3.05, 3.63) is 58.6 Å². The highest BCUT2D eigenvalue weighted by molar-refractivity contribution is 7.99. The molecule has 4 rings (SSSR count). The van der Waals surface area contributed by atoms with Crippen molar-refractivity contribution in [2.45, 2.75) is 31.8 Å². The zero-order chi connectivity index (χ0) is 23.5. The summed E-state index contributed by atoms with van der Waals surface area (Å²) in [5.74, 6) is 0.144. The number of aryl methyl sites for hydroxylation is 2. The second-order valence-corrected chi connectivity index (χ2v) is 9.63. The smallest absolute Gasteiger partial charge is 0.233 e. The lowest BCUT2D eigenvalue weighted by Gasteiger charge is -2.31. The van der Waals surface area contributed by atoms with E-state index in [4.69, 9.17) is 17.3 Å². The van der Waals surface area contributed by atoms with Crippen LogP contribution < -0.4 is 5.73 Å². The normalized spacial score (nSPS) is 16.1. The summed E-state index contributed by atoms with van der Waals surface area (Å²) < 4.78 is 1.96. The fourth-order valence-electron chi connectivity index (χ4n) is 4.01. The lowest BCUT2D eigenvalue weighted by Crippen LogP contribution is -2.44. The van der Waals surface area contributed by atoms with Gasteiger partial charge in [-0.15, -0.1) is 10.2 Å². The maximum atomic E-state index is 12.9. The van der Waals surface area contributed by atoms with Crippen LogP contribution in [-0.4, -0.2) is 50.3 Å². The van der Waals surface area contributed by atoms with E-state index in [1.165, 1.54) is 11.8 Å². The number of nitrogens with two attached hydrogens (primary N) is 1. The number of aromatic nitrogens is 3. The summed E-state index contributed by atoms with van der Waals surface area (Å²) in [6, 6.07) is 13.7. The van der Waals surface area contributed by atoms with Crippen LogP contribution in [0, 0.1) is 19.8 Å². The number of benzene rings is 2. The number of carbonyl (C=O) groups excluding carboxylic acids is 2. The molecule has 0 spiro atoms. The Morgan fingerprint density at radius 2 is 1.97 bits per heavy atom. The average molecular weight is 484 g/mol. The summed E-state index contributed by atoms with van der Waals surface area (Å²) >= 11 is 7.81. The molecule has 1 aliphatic rings. The zero-order valence-electron chi connectivity index (χ0n) is 18.6. The van der Waals surface area contributed by atoms with E-state index in [-0.39, 0.29) is 23.5 Å². The molecule has 2 amide bonds. The first-order valence-electron chi connectivity index (χ1n) is 10.8. The predicted octanol–water partition coefficient (Wildman–Crippen LogP) is 4.02. The minimum Gasteiger partial charge on any atom is -0.369 e. The molecule has 33 heavy (non-hydrogen) atoms. The van der Waals surface area contributed by atoms with Crippen LogP contribution >= 0.6 is 23.4 Å². The number of rotatable bonds is 6. The van der Waals surface area contributed by atoms with Gasteiger partial charge in [-0.1, -0.05) is 47.6 Å². The number of amides is 2. The van der Waals surface area contributed by atoms with Gasteiger partial charge in [-0.3, -0.25) is 14.2 Å². The summed E-state index contributed by atoms with van der Waals surface area (Å²) in [4.78, 5) is 26.2. The standard InChI is InChI=1S/C24H26ClN5O2S/c1-15-9-10-16(2)20(12-15)30-23(18-7-3-4-8-19(18)25)27-28-24(30)33-14-21(31)29-11-5-6-17(13-29)22(26)32/h3-4,7-10,12,17H,5-6,11,13-14H2,1-2H3,(H2,26,32). The highest BCUT2D eigenvalue weighted by atomic mass is 35.5. The van der Waals surface area contributed by atoms with Crippen LogP contribution in [-0.2, 0) is 9.59 Å². The van der Waals surface area contributed by atoms with Gasteiger partial charge in [0.25, 0.3) is 0 Å². The van der Waals surface area contributed by atoms with Gasteiger partial charge in [0.1, 0.15) is 0 Å². The molecule has 1 aliphatic heterocycles. The van der Waals surface area contributed by atoms with Crippen molar-refractivity contribution in [3.8, 4) is 17.1 Å². The van der Waals surface area contributed by atoms with Crippen molar-refractivity contribution in [2.24, 2.45) is 11.7 Å². The fourth-order valence-corrected chi connectivity index (χ4v) is 5.08. The Labute approximate surface area is 202 Å². The van der Waals surface area contributed by atoms with Gasteiger partial charge in [0.05, 0.1) is 22.4 Å². The Bertz CT molecular complexity index is 1200. The average Bonchev–Trinajstić information content (AvgIpc) is 3.22. The molecule has 3 aromatic rings. The van der Waals surface area contributed by atoms with Crippen molar-refractivity contribution >= 4 is 35.2 Å². The lowest BCUT2D eigenvalue weighted by atomic mass is 9.97. The number of carbonyl (C=O) groups is 2. The Balaban J connectivity index is 1.65. The second-order valence-electron chi connectivity index (χ2n) is 8.28. The number of nitrogens with zero attached hydrogens (tertiary/aromatic N) is 4. The van der Waals surface area contributed by atoms with Crippen LogP contribution in [0.3, 0.4) is 0 Å². The molecule has 1 saturated heterocycles.